The molecule has 0 fully saturated rings. The molecule has 1 N–H and O–H groups in total. The van der Waals surface area contributed by atoms with Crippen molar-refractivity contribution in [2.24, 2.45) is 0 Å². The molecule has 4 aromatic carbocycles. The van der Waals surface area contributed by atoms with Gasteiger partial charge >= 0.3 is 0 Å². The van der Waals surface area contributed by atoms with Crippen molar-refractivity contribution >= 4 is 11.8 Å². The maximum absolute atomic E-state index is 12.0. The molecule has 4 aromatic rings. The van der Waals surface area contributed by atoms with Gasteiger partial charge in [0, 0.05) is 20.9 Å². The molecular formula is C25H18OS. The van der Waals surface area contributed by atoms with Crippen LogP contribution in [0.3, 0.4) is 0 Å². The highest BCUT2D eigenvalue weighted by atomic mass is 32.2. The number of rotatable bonds is 2. The molecule has 0 spiro atoms. The monoisotopic (exact) mass is 366 g/mol. The highest BCUT2D eigenvalue weighted by molar-refractivity contribution is 7.99. The van der Waals surface area contributed by atoms with Crippen molar-refractivity contribution in [3.63, 3.8) is 0 Å². The van der Waals surface area contributed by atoms with Crippen molar-refractivity contribution in [1.29, 1.82) is 0 Å². The predicted molar refractivity (Wildman–Crippen MR) is 111 cm³/mol. The van der Waals surface area contributed by atoms with Gasteiger partial charge in [-0.25, -0.2) is 0 Å². The van der Waals surface area contributed by atoms with E-state index in [1.165, 1.54) is 5.56 Å². The zero-order valence-electron chi connectivity index (χ0n) is 14.7. The SMILES string of the molecule is OC1(c2ccccc2)c2ccccc2Sc2cc(-c3ccccc3)ccc21. The maximum Gasteiger partial charge on any atom is 0.142 e. The van der Waals surface area contributed by atoms with Crippen molar-refractivity contribution in [2.45, 2.75) is 15.4 Å². The largest absolute Gasteiger partial charge is 0.376 e. The Morgan fingerprint density at radius 2 is 1.19 bits per heavy atom. The molecule has 0 aliphatic carbocycles. The van der Waals surface area contributed by atoms with Crippen LogP contribution in [0.25, 0.3) is 11.1 Å². The van der Waals surface area contributed by atoms with E-state index in [0.29, 0.717) is 0 Å². The van der Waals surface area contributed by atoms with Crippen molar-refractivity contribution in [3.05, 3.63) is 120 Å². The van der Waals surface area contributed by atoms with E-state index >= 15 is 0 Å². The summed E-state index contributed by atoms with van der Waals surface area (Å²) in [5.74, 6) is 0. The van der Waals surface area contributed by atoms with Gasteiger partial charge in [-0.05, 0) is 28.8 Å². The molecule has 130 valence electrons. The maximum atomic E-state index is 12.0. The summed E-state index contributed by atoms with van der Waals surface area (Å²) < 4.78 is 0. The quantitative estimate of drug-likeness (QED) is 0.462. The van der Waals surface area contributed by atoms with Crippen LogP contribution in [0, 0.1) is 0 Å². The number of benzene rings is 4. The zero-order chi connectivity index (χ0) is 18.3. The summed E-state index contributed by atoms with van der Waals surface area (Å²) in [6.07, 6.45) is 0. The predicted octanol–water partition coefficient (Wildman–Crippen LogP) is 6.10. The molecule has 0 amide bonds. The molecule has 1 atom stereocenters. The molecule has 27 heavy (non-hydrogen) atoms. The third kappa shape index (κ3) is 2.61. The second-order valence-corrected chi connectivity index (χ2v) is 7.84. The highest BCUT2D eigenvalue weighted by Gasteiger charge is 2.40. The zero-order valence-corrected chi connectivity index (χ0v) is 15.5. The summed E-state index contributed by atoms with van der Waals surface area (Å²) in [6, 6.07) is 34.8. The number of hydrogen-bond donors (Lipinski definition) is 1. The molecule has 0 radical (unpaired) electrons. The number of aliphatic hydroxyl groups is 1. The molecule has 5 rings (SSSR count). The molecule has 1 nitrogen and oxygen atoms in total. The summed E-state index contributed by atoms with van der Waals surface area (Å²) in [4.78, 5) is 2.20. The second-order valence-electron chi connectivity index (χ2n) is 6.75. The lowest BCUT2D eigenvalue weighted by Crippen LogP contribution is -2.32. The van der Waals surface area contributed by atoms with Crippen molar-refractivity contribution in [2.75, 3.05) is 0 Å². The van der Waals surface area contributed by atoms with Crippen LogP contribution in [0.1, 0.15) is 16.7 Å². The Kier molecular flexibility index (Phi) is 3.89. The van der Waals surface area contributed by atoms with Gasteiger partial charge in [-0.15, -0.1) is 0 Å². The third-order valence-corrected chi connectivity index (χ3v) is 6.30. The second kappa shape index (κ2) is 6.41. The van der Waals surface area contributed by atoms with Crippen LogP contribution in [0.5, 0.6) is 0 Å². The standard InChI is InChI=1S/C25H18OS/c26-25(20-11-5-2-6-12-20)21-13-7-8-14-23(21)27-24-17-19(15-16-22(24)25)18-9-3-1-4-10-18/h1-17,26H. The van der Waals surface area contributed by atoms with Gasteiger partial charge in [-0.1, -0.05) is 103 Å². The molecule has 0 saturated heterocycles. The summed E-state index contributed by atoms with van der Waals surface area (Å²) in [5, 5.41) is 12.0. The van der Waals surface area contributed by atoms with Crippen LogP contribution < -0.4 is 0 Å². The van der Waals surface area contributed by atoms with E-state index in [9.17, 15) is 5.11 Å². The van der Waals surface area contributed by atoms with Gasteiger partial charge in [0.1, 0.15) is 5.60 Å². The van der Waals surface area contributed by atoms with E-state index < -0.39 is 5.60 Å². The van der Waals surface area contributed by atoms with Crippen molar-refractivity contribution in [1.82, 2.24) is 0 Å². The smallest absolute Gasteiger partial charge is 0.142 e. The van der Waals surface area contributed by atoms with Crippen LogP contribution in [0.2, 0.25) is 0 Å². The fourth-order valence-corrected chi connectivity index (χ4v) is 5.05. The molecule has 1 heterocycles. The molecule has 1 aliphatic rings. The fourth-order valence-electron chi connectivity index (χ4n) is 3.82. The van der Waals surface area contributed by atoms with E-state index in [-0.39, 0.29) is 0 Å². The van der Waals surface area contributed by atoms with Crippen molar-refractivity contribution in [3.8, 4) is 11.1 Å². The first-order valence-corrected chi connectivity index (χ1v) is 9.84. The van der Waals surface area contributed by atoms with Gasteiger partial charge < -0.3 is 5.11 Å². The minimum Gasteiger partial charge on any atom is -0.376 e. The molecule has 0 bridgehead atoms. The lowest BCUT2D eigenvalue weighted by Gasteiger charge is -2.36. The van der Waals surface area contributed by atoms with Gasteiger partial charge in [0.05, 0.1) is 0 Å². The van der Waals surface area contributed by atoms with Gasteiger partial charge in [0.25, 0.3) is 0 Å². The molecule has 0 aromatic heterocycles. The van der Waals surface area contributed by atoms with Gasteiger partial charge in [-0.3, -0.25) is 0 Å². The number of fused-ring (bicyclic) bond motifs is 2. The van der Waals surface area contributed by atoms with Gasteiger partial charge in [-0.2, -0.15) is 0 Å². The Labute approximate surface area is 163 Å². The highest BCUT2D eigenvalue weighted by Crippen LogP contribution is 2.51. The lowest BCUT2D eigenvalue weighted by atomic mass is 9.79. The Hall–Kier alpha value is -2.81. The molecule has 1 unspecified atom stereocenters. The topological polar surface area (TPSA) is 20.2 Å². The normalized spacial score (nSPS) is 17.8. The molecular weight excluding hydrogens is 348 g/mol. The first kappa shape index (κ1) is 16.4. The number of hydrogen-bond acceptors (Lipinski definition) is 2. The van der Waals surface area contributed by atoms with Crippen LogP contribution in [-0.2, 0) is 5.60 Å². The first-order chi connectivity index (χ1) is 13.3. The van der Waals surface area contributed by atoms with Crippen LogP contribution in [0.15, 0.2) is 113 Å². The van der Waals surface area contributed by atoms with Crippen LogP contribution in [0.4, 0.5) is 0 Å². The van der Waals surface area contributed by atoms with E-state index in [1.54, 1.807) is 11.8 Å². The first-order valence-electron chi connectivity index (χ1n) is 9.02. The van der Waals surface area contributed by atoms with E-state index in [4.69, 9.17) is 0 Å². The summed E-state index contributed by atoms with van der Waals surface area (Å²) in [6.45, 7) is 0. The summed E-state index contributed by atoms with van der Waals surface area (Å²) in [5.41, 5.74) is 3.98. The molecule has 2 heteroatoms. The van der Waals surface area contributed by atoms with E-state index in [2.05, 4.69) is 48.5 Å². The fraction of sp³-hybridized carbons (Fsp3) is 0.0400. The van der Waals surface area contributed by atoms with Crippen LogP contribution in [-0.4, -0.2) is 5.11 Å². The van der Waals surface area contributed by atoms with Gasteiger partial charge in [0.15, 0.2) is 0 Å². The molecule has 0 saturated carbocycles. The minimum atomic E-state index is -1.15. The van der Waals surface area contributed by atoms with Gasteiger partial charge in [0.2, 0.25) is 0 Å². The lowest BCUT2D eigenvalue weighted by molar-refractivity contribution is 0.118. The van der Waals surface area contributed by atoms with E-state index in [1.807, 2.05) is 54.6 Å². The Bertz CT molecular complexity index is 1110. The Morgan fingerprint density at radius 3 is 1.96 bits per heavy atom. The minimum absolute atomic E-state index is 0.895. The Morgan fingerprint density at radius 1 is 0.556 bits per heavy atom. The van der Waals surface area contributed by atoms with Crippen LogP contribution >= 0.6 is 11.8 Å². The van der Waals surface area contributed by atoms with Crippen molar-refractivity contribution < 1.29 is 5.11 Å². The average molecular weight is 366 g/mol. The third-order valence-electron chi connectivity index (χ3n) is 5.17. The molecule has 1 aliphatic heterocycles. The summed E-state index contributed by atoms with van der Waals surface area (Å²) in [7, 11) is 0. The Balaban J connectivity index is 1.75. The average Bonchev–Trinajstić information content (AvgIpc) is 2.75. The van der Waals surface area contributed by atoms with E-state index in [0.717, 1.165) is 32.0 Å². The summed E-state index contributed by atoms with van der Waals surface area (Å²) >= 11 is 1.73.